The molecule has 0 aromatic carbocycles. The zero-order valence-electron chi connectivity index (χ0n) is 16.0. The largest absolute Gasteiger partial charge is 0.410 e. The molecule has 1 aromatic heterocycles. The van der Waals surface area contributed by atoms with E-state index >= 15 is 0 Å². The summed E-state index contributed by atoms with van der Waals surface area (Å²) in [5.41, 5.74) is 0.287. The molecule has 2 atom stereocenters. The van der Waals surface area contributed by atoms with Crippen LogP contribution in [0.1, 0.15) is 57.7 Å². The third-order valence-electron chi connectivity index (χ3n) is 5.60. The molecule has 27 heavy (non-hydrogen) atoms. The first-order valence-electron chi connectivity index (χ1n) is 9.14. The average molecular weight is 408 g/mol. The highest BCUT2D eigenvalue weighted by Crippen LogP contribution is 2.44. The average Bonchev–Trinajstić information content (AvgIpc) is 2.95. The van der Waals surface area contributed by atoms with Crippen LogP contribution in [0, 0.1) is 5.41 Å². The number of aromatic nitrogens is 2. The predicted molar refractivity (Wildman–Crippen MR) is 97.2 cm³/mol. The van der Waals surface area contributed by atoms with Crippen molar-refractivity contribution in [2.45, 2.75) is 64.2 Å². The summed E-state index contributed by atoms with van der Waals surface area (Å²) in [6.07, 6.45) is -2.14. The Balaban J connectivity index is 1.85. The number of hydrogen-bond acceptors (Lipinski definition) is 4. The topological polar surface area (TPSA) is 67.2 Å². The van der Waals surface area contributed by atoms with Crippen molar-refractivity contribution in [2.24, 2.45) is 5.41 Å². The van der Waals surface area contributed by atoms with Crippen LogP contribution in [-0.2, 0) is 10.0 Å². The summed E-state index contributed by atoms with van der Waals surface area (Å²) in [4.78, 5) is 0. The number of rotatable bonds is 2. The molecule has 0 aliphatic carbocycles. The van der Waals surface area contributed by atoms with Gasteiger partial charge in [0.05, 0.1) is 11.9 Å². The summed E-state index contributed by atoms with van der Waals surface area (Å²) in [6, 6.07) is -0.256. The third kappa shape index (κ3) is 4.26. The molecule has 154 valence electrons. The molecular formula is C17H27F3N4O2S. The van der Waals surface area contributed by atoms with E-state index in [4.69, 9.17) is 0 Å². The molecule has 0 saturated carbocycles. The van der Waals surface area contributed by atoms with Crippen LogP contribution in [0.2, 0.25) is 0 Å². The van der Waals surface area contributed by atoms with Crippen molar-refractivity contribution in [1.82, 2.24) is 14.1 Å². The first-order chi connectivity index (χ1) is 12.3. The first kappa shape index (κ1) is 20.4. The minimum absolute atomic E-state index is 0.0372. The standard InChI is InChI=1S/C17H27F3N4O2S/c1-16(2,3)13-10-14(17(18,19)20)24-15(21-13)9-12(22-24)11-5-7-23(8-6-11)27(4,25)26/h9,11,13-14,21H,5-8,10H2,1-4H3/t13-,14+/m0/s1. The Labute approximate surface area is 158 Å². The number of piperidine rings is 1. The van der Waals surface area contributed by atoms with E-state index in [0.29, 0.717) is 37.4 Å². The maximum Gasteiger partial charge on any atom is 0.410 e. The molecule has 0 radical (unpaired) electrons. The number of alkyl halides is 3. The maximum absolute atomic E-state index is 13.7. The van der Waals surface area contributed by atoms with Gasteiger partial charge in [-0.05, 0) is 24.7 Å². The molecule has 6 nitrogen and oxygen atoms in total. The van der Waals surface area contributed by atoms with Crippen molar-refractivity contribution in [3.05, 3.63) is 11.8 Å². The van der Waals surface area contributed by atoms with E-state index in [0.717, 1.165) is 4.68 Å². The summed E-state index contributed by atoms with van der Waals surface area (Å²) in [7, 11) is -3.24. The van der Waals surface area contributed by atoms with E-state index in [2.05, 4.69) is 10.4 Å². The molecule has 1 fully saturated rings. The van der Waals surface area contributed by atoms with E-state index in [1.54, 1.807) is 6.07 Å². The Morgan fingerprint density at radius 2 is 1.78 bits per heavy atom. The number of sulfonamides is 1. The molecule has 0 bridgehead atoms. The van der Waals surface area contributed by atoms with E-state index in [1.807, 2.05) is 20.8 Å². The number of fused-ring (bicyclic) bond motifs is 1. The molecule has 0 spiro atoms. The van der Waals surface area contributed by atoms with Gasteiger partial charge in [0.15, 0.2) is 6.04 Å². The number of nitrogens with one attached hydrogen (secondary N) is 1. The fourth-order valence-corrected chi connectivity index (χ4v) is 4.72. The fourth-order valence-electron chi connectivity index (χ4n) is 3.84. The second-order valence-electron chi connectivity index (χ2n) is 8.69. The molecule has 3 rings (SSSR count). The lowest BCUT2D eigenvalue weighted by Gasteiger charge is -2.39. The summed E-state index contributed by atoms with van der Waals surface area (Å²) in [5, 5.41) is 7.52. The Kier molecular flexibility index (Phi) is 5.03. The van der Waals surface area contributed by atoms with Crippen molar-refractivity contribution in [2.75, 3.05) is 24.7 Å². The monoisotopic (exact) mass is 408 g/mol. The molecule has 1 saturated heterocycles. The SMILES string of the molecule is CC(C)(C)[C@@H]1C[C@H](C(F)(F)F)n2nc(C3CCN(S(C)(=O)=O)CC3)cc2N1. The summed E-state index contributed by atoms with van der Waals surface area (Å²) < 4.78 is 66.7. The Morgan fingerprint density at radius 1 is 1.19 bits per heavy atom. The fraction of sp³-hybridized carbons (Fsp3) is 0.824. The minimum Gasteiger partial charge on any atom is -0.367 e. The van der Waals surface area contributed by atoms with Gasteiger partial charge in [-0.25, -0.2) is 17.4 Å². The van der Waals surface area contributed by atoms with Crippen molar-refractivity contribution in [1.29, 1.82) is 0 Å². The van der Waals surface area contributed by atoms with Crippen molar-refractivity contribution in [3.63, 3.8) is 0 Å². The summed E-state index contributed by atoms with van der Waals surface area (Å²) in [6.45, 7) is 6.50. The molecule has 1 N–H and O–H groups in total. The van der Waals surface area contributed by atoms with Crippen LogP contribution in [0.15, 0.2) is 6.07 Å². The lowest BCUT2D eigenvalue weighted by molar-refractivity contribution is -0.175. The van der Waals surface area contributed by atoms with E-state index < -0.39 is 22.2 Å². The second kappa shape index (κ2) is 6.65. The summed E-state index contributed by atoms with van der Waals surface area (Å²) >= 11 is 0. The van der Waals surface area contributed by atoms with E-state index in [-0.39, 0.29) is 23.8 Å². The van der Waals surface area contributed by atoms with Crippen molar-refractivity contribution >= 4 is 15.8 Å². The highest BCUT2D eigenvalue weighted by molar-refractivity contribution is 7.88. The van der Waals surface area contributed by atoms with E-state index in [1.165, 1.54) is 10.6 Å². The van der Waals surface area contributed by atoms with Crippen LogP contribution in [-0.4, -0.2) is 54.1 Å². The van der Waals surface area contributed by atoms with Crippen molar-refractivity contribution in [3.8, 4) is 0 Å². The van der Waals surface area contributed by atoms with Crippen LogP contribution in [0.3, 0.4) is 0 Å². The third-order valence-corrected chi connectivity index (χ3v) is 6.90. The minimum atomic E-state index is -4.37. The highest BCUT2D eigenvalue weighted by atomic mass is 32.2. The van der Waals surface area contributed by atoms with Gasteiger partial charge in [-0.3, -0.25) is 0 Å². The predicted octanol–water partition coefficient (Wildman–Crippen LogP) is 3.36. The molecule has 0 amide bonds. The molecule has 1 aromatic rings. The van der Waals surface area contributed by atoms with Crippen LogP contribution < -0.4 is 5.32 Å². The first-order valence-corrected chi connectivity index (χ1v) is 11.0. The summed E-state index contributed by atoms with van der Waals surface area (Å²) in [5.74, 6) is 0.355. The number of hydrogen-bond donors (Lipinski definition) is 1. The molecular weight excluding hydrogens is 381 g/mol. The Hall–Kier alpha value is -1.29. The molecule has 2 aliphatic heterocycles. The Bertz CT molecular complexity index is 790. The van der Waals surface area contributed by atoms with Crippen LogP contribution in [0.5, 0.6) is 0 Å². The molecule has 2 aliphatic rings. The highest BCUT2D eigenvalue weighted by Gasteiger charge is 2.48. The quantitative estimate of drug-likeness (QED) is 0.815. The zero-order valence-corrected chi connectivity index (χ0v) is 16.9. The lowest BCUT2D eigenvalue weighted by Crippen LogP contribution is -2.44. The van der Waals surface area contributed by atoms with Crippen molar-refractivity contribution < 1.29 is 21.6 Å². The van der Waals surface area contributed by atoms with Gasteiger partial charge in [0.25, 0.3) is 0 Å². The molecule has 0 unspecified atom stereocenters. The van der Waals surface area contributed by atoms with Gasteiger partial charge in [-0.15, -0.1) is 0 Å². The normalized spacial score (nSPS) is 25.9. The van der Waals surface area contributed by atoms with Crippen LogP contribution in [0.4, 0.5) is 19.0 Å². The number of halogens is 3. The van der Waals surface area contributed by atoms with Gasteiger partial charge in [0.2, 0.25) is 10.0 Å². The van der Waals surface area contributed by atoms with Gasteiger partial charge in [-0.2, -0.15) is 18.3 Å². The molecule has 10 heteroatoms. The maximum atomic E-state index is 13.7. The number of nitrogens with zero attached hydrogens (tertiary/aromatic N) is 3. The van der Waals surface area contributed by atoms with Crippen LogP contribution >= 0.6 is 0 Å². The van der Waals surface area contributed by atoms with E-state index in [9.17, 15) is 21.6 Å². The second-order valence-corrected chi connectivity index (χ2v) is 10.7. The Morgan fingerprint density at radius 3 is 2.26 bits per heavy atom. The van der Waals surface area contributed by atoms with Crippen LogP contribution in [0.25, 0.3) is 0 Å². The molecule has 3 heterocycles. The van der Waals surface area contributed by atoms with Gasteiger partial charge in [-0.1, -0.05) is 20.8 Å². The van der Waals surface area contributed by atoms with Gasteiger partial charge in [0.1, 0.15) is 5.82 Å². The van der Waals surface area contributed by atoms with Gasteiger partial charge in [0, 0.05) is 31.1 Å². The smallest absolute Gasteiger partial charge is 0.367 e. The zero-order chi connectivity index (χ0) is 20.2. The van der Waals surface area contributed by atoms with Gasteiger partial charge < -0.3 is 5.32 Å². The van der Waals surface area contributed by atoms with Gasteiger partial charge >= 0.3 is 6.18 Å². The number of anilines is 1. The lowest BCUT2D eigenvalue weighted by atomic mass is 9.82.